The Hall–Kier alpha value is -2.72. The fourth-order valence-electron chi connectivity index (χ4n) is 4.46. The van der Waals surface area contributed by atoms with Gasteiger partial charge in [-0.05, 0) is 50.3 Å². The van der Waals surface area contributed by atoms with E-state index in [0.29, 0.717) is 29.9 Å². The van der Waals surface area contributed by atoms with Crippen LogP contribution in [0.25, 0.3) is 0 Å². The standard InChI is InChI=1S/C23H31N5O4S/c1-17-9-10-20(33(31,32)28-11-5-2-6-12-28)13-21(17)23(30)26-19-14-24-27(15-19)16-22(29)25-18-7-3-4-8-18/h9-10,13-15,18H,2-8,11-12,16H2,1H3,(H,25,29)(H,26,30). The summed E-state index contributed by atoms with van der Waals surface area (Å²) in [5, 5.41) is 9.93. The van der Waals surface area contributed by atoms with Gasteiger partial charge in [0.05, 0.1) is 16.8 Å². The van der Waals surface area contributed by atoms with Crippen LogP contribution in [-0.4, -0.2) is 53.4 Å². The van der Waals surface area contributed by atoms with Crippen molar-refractivity contribution < 1.29 is 18.0 Å². The van der Waals surface area contributed by atoms with Crippen molar-refractivity contribution in [2.24, 2.45) is 0 Å². The highest BCUT2D eigenvalue weighted by Crippen LogP contribution is 2.23. The summed E-state index contributed by atoms with van der Waals surface area (Å²) in [4.78, 5) is 25.2. The van der Waals surface area contributed by atoms with Gasteiger partial charge < -0.3 is 10.6 Å². The number of carbonyl (C=O) groups excluding carboxylic acids is 2. The van der Waals surface area contributed by atoms with Crippen LogP contribution in [0.5, 0.6) is 0 Å². The second-order valence-corrected chi connectivity index (χ2v) is 10.8. The molecule has 1 aliphatic carbocycles. The molecule has 2 aliphatic rings. The number of anilines is 1. The Bertz CT molecular complexity index is 1120. The van der Waals surface area contributed by atoms with Crippen molar-refractivity contribution in [3.05, 3.63) is 41.7 Å². The van der Waals surface area contributed by atoms with Gasteiger partial charge in [-0.25, -0.2) is 8.42 Å². The molecule has 0 atom stereocenters. The molecular formula is C23H31N5O4S. The highest BCUT2D eigenvalue weighted by atomic mass is 32.2. The van der Waals surface area contributed by atoms with Crippen LogP contribution in [0.15, 0.2) is 35.5 Å². The third-order valence-corrected chi connectivity index (χ3v) is 8.22. The molecule has 4 rings (SSSR count). The van der Waals surface area contributed by atoms with E-state index in [9.17, 15) is 18.0 Å². The fourth-order valence-corrected chi connectivity index (χ4v) is 6.01. The molecule has 2 fully saturated rings. The number of nitrogens with zero attached hydrogens (tertiary/aromatic N) is 3. The van der Waals surface area contributed by atoms with Gasteiger partial charge in [0.1, 0.15) is 6.54 Å². The Morgan fingerprint density at radius 1 is 1.09 bits per heavy atom. The van der Waals surface area contributed by atoms with E-state index in [1.807, 2.05) is 0 Å². The first-order chi connectivity index (χ1) is 15.8. The minimum atomic E-state index is -3.63. The van der Waals surface area contributed by atoms with E-state index in [4.69, 9.17) is 0 Å². The van der Waals surface area contributed by atoms with Crippen molar-refractivity contribution in [2.45, 2.75) is 69.4 Å². The molecule has 1 saturated carbocycles. The molecule has 33 heavy (non-hydrogen) atoms. The number of rotatable bonds is 7. The predicted molar refractivity (Wildman–Crippen MR) is 124 cm³/mol. The number of aryl methyl sites for hydroxylation is 1. The number of sulfonamides is 1. The molecule has 2 N–H and O–H groups in total. The second-order valence-electron chi connectivity index (χ2n) is 8.87. The van der Waals surface area contributed by atoms with Crippen molar-refractivity contribution in [2.75, 3.05) is 18.4 Å². The quantitative estimate of drug-likeness (QED) is 0.642. The van der Waals surface area contributed by atoms with Gasteiger partial charge in [-0.3, -0.25) is 14.3 Å². The molecule has 9 nitrogen and oxygen atoms in total. The van der Waals surface area contributed by atoms with Crippen LogP contribution in [-0.2, 0) is 21.4 Å². The first-order valence-electron chi connectivity index (χ1n) is 11.6. The van der Waals surface area contributed by atoms with Crippen LogP contribution in [0.2, 0.25) is 0 Å². The molecule has 0 radical (unpaired) electrons. The number of piperidine rings is 1. The molecule has 0 unspecified atom stereocenters. The molecular weight excluding hydrogens is 442 g/mol. The van der Waals surface area contributed by atoms with E-state index >= 15 is 0 Å². The van der Waals surface area contributed by atoms with Crippen molar-refractivity contribution in [3.63, 3.8) is 0 Å². The van der Waals surface area contributed by atoms with Crippen LogP contribution in [0.1, 0.15) is 60.9 Å². The number of aromatic nitrogens is 2. The van der Waals surface area contributed by atoms with E-state index < -0.39 is 15.9 Å². The molecule has 1 aliphatic heterocycles. The maximum atomic E-state index is 13.0. The average molecular weight is 474 g/mol. The van der Waals surface area contributed by atoms with Gasteiger partial charge >= 0.3 is 0 Å². The molecule has 178 valence electrons. The molecule has 1 aromatic heterocycles. The molecule has 0 spiro atoms. The largest absolute Gasteiger partial charge is 0.352 e. The third kappa shape index (κ3) is 5.62. The number of amides is 2. The first kappa shape index (κ1) is 23.4. The van der Waals surface area contributed by atoms with Crippen molar-refractivity contribution in [1.82, 2.24) is 19.4 Å². The highest BCUT2D eigenvalue weighted by molar-refractivity contribution is 7.89. The molecule has 2 amide bonds. The zero-order chi connectivity index (χ0) is 23.4. The number of carbonyl (C=O) groups is 2. The summed E-state index contributed by atoms with van der Waals surface area (Å²) in [7, 11) is -3.63. The topological polar surface area (TPSA) is 113 Å². The van der Waals surface area contributed by atoms with E-state index in [0.717, 1.165) is 44.9 Å². The lowest BCUT2D eigenvalue weighted by atomic mass is 10.1. The van der Waals surface area contributed by atoms with Crippen molar-refractivity contribution in [3.8, 4) is 0 Å². The summed E-state index contributed by atoms with van der Waals surface area (Å²) < 4.78 is 29.0. The predicted octanol–water partition coefficient (Wildman–Crippen LogP) is 2.68. The zero-order valence-electron chi connectivity index (χ0n) is 18.9. The number of benzene rings is 1. The fraction of sp³-hybridized carbons (Fsp3) is 0.522. The normalized spacial score (nSPS) is 17.7. The molecule has 0 bridgehead atoms. The number of hydrogen-bond acceptors (Lipinski definition) is 5. The van der Waals surface area contributed by atoms with Crippen LogP contribution >= 0.6 is 0 Å². The second kappa shape index (κ2) is 10.0. The van der Waals surface area contributed by atoms with E-state index in [1.165, 1.54) is 21.3 Å². The summed E-state index contributed by atoms with van der Waals surface area (Å²) in [5.41, 5.74) is 1.41. The summed E-state index contributed by atoms with van der Waals surface area (Å²) in [5.74, 6) is -0.521. The minimum absolute atomic E-state index is 0.0783. The Labute approximate surface area is 194 Å². The lowest BCUT2D eigenvalue weighted by Crippen LogP contribution is -2.35. The van der Waals surface area contributed by atoms with E-state index in [1.54, 1.807) is 25.3 Å². The third-order valence-electron chi connectivity index (χ3n) is 6.32. The Morgan fingerprint density at radius 2 is 1.82 bits per heavy atom. The lowest BCUT2D eigenvalue weighted by Gasteiger charge is -2.26. The monoisotopic (exact) mass is 473 g/mol. The van der Waals surface area contributed by atoms with Gasteiger partial charge in [-0.15, -0.1) is 0 Å². The van der Waals surface area contributed by atoms with Crippen LogP contribution in [0, 0.1) is 6.92 Å². The summed E-state index contributed by atoms with van der Waals surface area (Å²) in [6.07, 6.45) is 10.1. The number of nitrogens with one attached hydrogen (secondary N) is 2. The van der Waals surface area contributed by atoms with Crippen LogP contribution < -0.4 is 10.6 Å². The van der Waals surface area contributed by atoms with Crippen LogP contribution in [0.3, 0.4) is 0 Å². The van der Waals surface area contributed by atoms with Gasteiger partial charge in [0.15, 0.2) is 0 Å². The van der Waals surface area contributed by atoms with Gasteiger partial charge in [-0.1, -0.05) is 25.3 Å². The molecule has 2 heterocycles. The maximum Gasteiger partial charge on any atom is 0.256 e. The summed E-state index contributed by atoms with van der Waals surface area (Å²) in [6.45, 7) is 2.86. The first-order valence-corrected chi connectivity index (χ1v) is 13.0. The molecule has 1 aromatic carbocycles. The summed E-state index contributed by atoms with van der Waals surface area (Å²) in [6, 6.07) is 4.89. The minimum Gasteiger partial charge on any atom is -0.352 e. The molecule has 2 aromatic rings. The van der Waals surface area contributed by atoms with Crippen molar-refractivity contribution >= 4 is 27.5 Å². The molecule has 10 heteroatoms. The average Bonchev–Trinajstić information content (AvgIpc) is 3.46. The Morgan fingerprint density at radius 3 is 2.55 bits per heavy atom. The van der Waals surface area contributed by atoms with Gasteiger partial charge in [-0.2, -0.15) is 9.40 Å². The van der Waals surface area contributed by atoms with Gasteiger partial charge in [0.2, 0.25) is 15.9 Å². The van der Waals surface area contributed by atoms with E-state index in [-0.39, 0.29) is 23.4 Å². The summed E-state index contributed by atoms with van der Waals surface area (Å²) >= 11 is 0. The maximum absolute atomic E-state index is 13.0. The van der Waals surface area contributed by atoms with Crippen LogP contribution in [0.4, 0.5) is 5.69 Å². The van der Waals surface area contributed by atoms with E-state index in [2.05, 4.69) is 15.7 Å². The van der Waals surface area contributed by atoms with Crippen molar-refractivity contribution in [1.29, 1.82) is 0 Å². The SMILES string of the molecule is Cc1ccc(S(=O)(=O)N2CCCCC2)cc1C(=O)Nc1cnn(CC(=O)NC2CCCC2)c1. The Balaban J connectivity index is 1.42. The lowest BCUT2D eigenvalue weighted by molar-refractivity contribution is -0.122. The molecule has 1 saturated heterocycles. The number of hydrogen-bond donors (Lipinski definition) is 2. The van der Waals surface area contributed by atoms with Gasteiger partial charge in [0.25, 0.3) is 5.91 Å². The Kier molecular flexibility index (Phi) is 7.14. The smallest absolute Gasteiger partial charge is 0.256 e. The van der Waals surface area contributed by atoms with Gasteiger partial charge in [0, 0.05) is 30.9 Å². The zero-order valence-corrected chi connectivity index (χ0v) is 19.7. The highest BCUT2D eigenvalue weighted by Gasteiger charge is 2.27.